The van der Waals surface area contributed by atoms with Gasteiger partial charge in [0.25, 0.3) is 0 Å². The number of thioether (sulfide) groups is 1. The van der Waals surface area contributed by atoms with Crippen LogP contribution < -0.4 is 5.32 Å². The molecule has 0 aliphatic carbocycles. The molecule has 1 N–H and O–H groups in total. The number of nitrogens with one attached hydrogen (secondary N) is 1. The topological polar surface area (TPSA) is 12.0 Å². The number of aryl methyl sites for hydroxylation is 1. The fraction of sp³-hybridized carbons (Fsp3) is 0.200. The van der Waals surface area contributed by atoms with Gasteiger partial charge >= 0.3 is 0 Å². The van der Waals surface area contributed by atoms with Gasteiger partial charge in [-0.3, -0.25) is 0 Å². The average molecular weight is 261 g/mol. The van der Waals surface area contributed by atoms with Crippen LogP contribution in [0.5, 0.6) is 0 Å². The Kier molecular flexibility index (Phi) is 4.65. The Balaban J connectivity index is 1.74. The monoisotopic (exact) mass is 261 g/mol. The van der Waals surface area contributed by atoms with Crippen molar-refractivity contribution < 1.29 is 4.39 Å². The lowest BCUT2D eigenvalue weighted by atomic mass is 10.2. The van der Waals surface area contributed by atoms with Crippen LogP contribution in [0.25, 0.3) is 0 Å². The van der Waals surface area contributed by atoms with E-state index in [2.05, 4.69) is 30.4 Å². The molecule has 2 rings (SSSR count). The zero-order valence-corrected chi connectivity index (χ0v) is 11.1. The Bertz CT molecular complexity index is 496. The summed E-state index contributed by atoms with van der Waals surface area (Å²) in [5, 5.41) is 3.37. The van der Waals surface area contributed by atoms with Crippen molar-refractivity contribution in [2.24, 2.45) is 0 Å². The molecule has 0 aliphatic rings. The van der Waals surface area contributed by atoms with E-state index in [1.54, 1.807) is 11.8 Å². The van der Waals surface area contributed by atoms with E-state index >= 15 is 0 Å². The number of hydrogen-bond acceptors (Lipinski definition) is 2. The smallest absolute Gasteiger partial charge is 0.123 e. The summed E-state index contributed by atoms with van der Waals surface area (Å²) in [6.07, 6.45) is 0. The van der Waals surface area contributed by atoms with Crippen LogP contribution in [0.4, 0.5) is 10.1 Å². The molecule has 1 nitrogen and oxygen atoms in total. The lowest BCUT2D eigenvalue weighted by Crippen LogP contribution is -2.03. The van der Waals surface area contributed by atoms with Crippen LogP contribution in [0.15, 0.2) is 53.4 Å². The van der Waals surface area contributed by atoms with E-state index in [0.717, 1.165) is 22.9 Å². The van der Waals surface area contributed by atoms with Crippen LogP contribution in [0.3, 0.4) is 0 Å². The maximum atomic E-state index is 12.7. The van der Waals surface area contributed by atoms with Crippen LogP contribution >= 0.6 is 11.8 Å². The molecule has 2 aromatic carbocycles. The van der Waals surface area contributed by atoms with Gasteiger partial charge in [0.15, 0.2) is 0 Å². The largest absolute Gasteiger partial charge is 0.384 e. The fourth-order valence-corrected chi connectivity index (χ4v) is 2.42. The first-order valence-corrected chi connectivity index (χ1v) is 6.91. The van der Waals surface area contributed by atoms with Crippen molar-refractivity contribution in [2.75, 3.05) is 17.6 Å². The summed E-state index contributed by atoms with van der Waals surface area (Å²) in [6, 6.07) is 14.9. The molecule has 0 amide bonds. The average Bonchev–Trinajstić information content (AvgIpc) is 2.37. The van der Waals surface area contributed by atoms with E-state index in [1.165, 1.54) is 17.7 Å². The molecule has 0 radical (unpaired) electrons. The first-order valence-electron chi connectivity index (χ1n) is 5.93. The first kappa shape index (κ1) is 13.0. The summed E-state index contributed by atoms with van der Waals surface area (Å²) in [7, 11) is 0. The summed E-state index contributed by atoms with van der Waals surface area (Å²) in [5.74, 6) is 0.775. The normalized spacial score (nSPS) is 10.3. The highest BCUT2D eigenvalue weighted by molar-refractivity contribution is 7.99. The van der Waals surface area contributed by atoms with Crippen molar-refractivity contribution in [2.45, 2.75) is 11.8 Å². The summed E-state index contributed by atoms with van der Waals surface area (Å²) >= 11 is 1.72. The second kappa shape index (κ2) is 6.45. The molecule has 0 saturated heterocycles. The minimum atomic E-state index is -0.183. The van der Waals surface area contributed by atoms with E-state index in [1.807, 2.05) is 18.2 Å². The molecule has 0 aromatic heterocycles. The van der Waals surface area contributed by atoms with Crippen molar-refractivity contribution in [3.8, 4) is 0 Å². The molecule has 94 valence electrons. The van der Waals surface area contributed by atoms with Gasteiger partial charge in [-0.1, -0.05) is 12.1 Å². The highest BCUT2D eigenvalue weighted by Crippen LogP contribution is 2.18. The Morgan fingerprint density at radius 1 is 1.11 bits per heavy atom. The van der Waals surface area contributed by atoms with Crippen LogP contribution in [-0.2, 0) is 0 Å². The summed E-state index contributed by atoms with van der Waals surface area (Å²) in [6.45, 7) is 2.98. The molecule has 2 aromatic rings. The molecule has 0 atom stereocenters. The lowest BCUT2D eigenvalue weighted by molar-refractivity contribution is 0.626. The molecular weight excluding hydrogens is 245 g/mol. The molecule has 0 bridgehead atoms. The Hall–Kier alpha value is -1.48. The van der Waals surface area contributed by atoms with Gasteiger partial charge in [0, 0.05) is 22.9 Å². The zero-order valence-electron chi connectivity index (χ0n) is 10.3. The van der Waals surface area contributed by atoms with Crippen molar-refractivity contribution in [1.82, 2.24) is 0 Å². The van der Waals surface area contributed by atoms with Gasteiger partial charge < -0.3 is 5.32 Å². The van der Waals surface area contributed by atoms with E-state index in [0.29, 0.717) is 0 Å². The van der Waals surface area contributed by atoms with Crippen molar-refractivity contribution in [3.05, 3.63) is 59.9 Å². The fourth-order valence-electron chi connectivity index (χ4n) is 1.65. The van der Waals surface area contributed by atoms with E-state index in [-0.39, 0.29) is 5.82 Å². The Morgan fingerprint density at radius 2 is 1.89 bits per heavy atom. The summed E-state index contributed by atoms with van der Waals surface area (Å²) < 4.78 is 12.7. The van der Waals surface area contributed by atoms with E-state index in [4.69, 9.17) is 0 Å². The van der Waals surface area contributed by atoms with Crippen molar-refractivity contribution in [1.29, 1.82) is 0 Å². The van der Waals surface area contributed by atoms with Gasteiger partial charge in [0.1, 0.15) is 5.82 Å². The van der Waals surface area contributed by atoms with Gasteiger partial charge in [-0.25, -0.2) is 4.39 Å². The minimum absolute atomic E-state index is 0.183. The highest BCUT2D eigenvalue weighted by Gasteiger charge is 1.96. The number of anilines is 1. The number of benzene rings is 2. The number of rotatable bonds is 5. The highest BCUT2D eigenvalue weighted by atomic mass is 32.2. The van der Waals surface area contributed by atoms with Gasteiger partial charge in [-0.05, 0) is 48.9 Å². The molecule has 18 heavy (non-hydrogen) atoms. The third-order valence-corrected chi connectivity index (χ3v) is 3.55. The third kappa shape index (κ3) is 4.08. The first-order chi connectivity index (χ1) is 8.74. The summed E-state index contributed by atoms with van der Waals surface area (Å²) in [4.78, 5) is 1.10. The van der Waals surface area contributed by atoms with Crippen LogP contribution in [-0.4, -0.2) is 12.3 Å². The van der Waals surface area contributed by atoms with Gasteiger partial charge in [-0.2, -0.15) is 0 Å². The lowest BCUT2D eigenvalue weighted by Gasteiger charge is -2.07. The summed E-state index contributed by atoms with van der Waals surface area (Å²) in [5.41, 5.74) is 2.40. The van der Waals surface area contributed by atoms with Crippen LogP contribution in [0, 0.1) is 12.7 Å². The number of halogens is 1. The van der Waals surface area contributed by atoms with Crippen LogP contribution in [0.2, 0.25) is 0 Å². The Morgan fingerprint density at radius 3 is 2.61 bits per heavy atom. The predicted octanol–water partition coefficient (Wildman–Crippen LogP) is 4.34. The Labute approximate surface area is 111 Å². The second-order valence-corrected chi connectivity index (χ2v) is 5.27. The molecule has 0 fully saturated rings. The van der Waals surface area contributed by atoms with Crippen LogP contribution in [0.1, 0.15) is 5.56 Å². The predicted molar refractivity (Wildman–Crippen MR) is 76.8 cm³/mol. The zero-order chi connectivity index (χ0) is 12.8. The van der Waals surface area contributed by atoms with Gasteiger partial charge in [-0.15, -0.1) is 11.8 Å². The molecule has 0 saturated carbocycles. The van der Waals surface area contributed by atoms with Crippen molar-refractivity contribution in [3.63, 3.8) is 0 Å². The molecule has 3 heteroatoms. The van der Waals surface area contributed by atoms with Gasteiger partial charge in [0.2, 0.25) is 0 Å². The third-order valence-electron chi connectivity index (χ3n) is 2.53. The quantitative estimate of drug-likeness (QED) is 0.635. The number of hydrogen-bond donors (Lipinski definition) is 1. The standard InChI is InChI=1S/C15H16FNS/c1-12-3-2-4-14(11-12)17-9-10-18-15-7-5-13(16)6-8-15/h2-8,11,17H,9-10H2,1H3. The van der Waals surface area contributed by atoms with Crippen molar-refractivity contribution >= 4 is 17.4 Å². The SMILES string of the molecule is Cc1cccc(NCCSc2ccc(F)cc2)c1. The van der Waals surface area contributed by atoms with Gasteiger partial charge in [0.05, 0.1) is 0 Å². The molecular formula is C15H16FNS. The maximum Gasteiger partial charge on any atom is 0.123 e. The minimum Gasteiger partial charge on any atom is -0.384 e. The molecule has 0 aliphatic heterocycles. The van der Waals surface area contributed by atoms with E-state index in [9.17, 15) is 4.39 Å². The van der Waals surface area contributed by atoms with E-state index < -0.39 is 0 Å². The molecule has 0 unspecified atom stereocenters. The maximum absolute atomic E-state index is 12.7. The molecule has 0 heterocycles. The molecule has 0 spiro atoms. The second-order valence-electron chi connectivity index (χ2n) is 4.10.